The van der Waals surface area contributed by atoms with E-state index in [1.165, 1.54) is 0 Å². The van der Waals surface area contributed by atoms with Crippen LogP contribution in [0.2, 0.25) is 0 Å². The van der Waals surface area contributed by atoms with Crippen molar-refractivity contribution >= 4 is 5.82 Å². The van der Waals surface area contributed by atoms with Gasteiger partial charge in [0.25, 0.3) is 0 Å². The van der Waals surface area contributed by atoms with Crippen molar-refractivity contribution in [3.05, 3.63) is 17.7 Å². The first kappa shape index (κ1) is 13.6. The minimum Gasteiger partial charge on any atom is -0.383 e. The highest BCUT2D eigenvalue weighted by atomic mass is 15.3. The summed E-state index contributed by atoms with van der Waals surface area (Å²) in [4.78, 5) is 4.72. The van der Waals surface area contributed by atoms with Gasteiger partial charge >= 0.3 is 0 Å². The average Bonchev–Trinajstić information content (AvgIpc) is 2.91. The summed E-state index contributed by atoms with van der Waals surface area (Å²) in [5.74, 6) is 1.82. The van der Waals surface area contributed by atoms with Gasteiger partial charge in [-0.1, -0.05) is 20.8 Å². The van der Waals surface area contributed by atoms with Gasteiger partial charge in [0.1, 0.15) is 17.3 Å². The van der Waals surface area contributed by atoms with Crippen molar-refractivity contribution in [1.82, 2.24) is 19.3 Å². The number of nitrogens with zero attached hydrogens (tertiary/aromatic N) is 4. The van der Waals surface area contributed by atoms with E-state index in [4.69, 9.17) is 10.7 Å². The molecule has 0 unspecified atom stereocenters. The monoisotopic (exact) mass is 261 g/mol. The van der Waals surface area contributed by atoms with Crippen LogP contribution in [0.15, 0.2) is 6.20 Å². The zero-order valence-corrected chi connectivity index (χ0v) is 12.3. The molecule has 0 saturated heterocycles. The second-order valence-electron chi connectivity index (χ2n) is 4.78. The average molecular weight is 261 g/mol. The van der Waals surface area contributed by atoms with Crippen molar-refractivity contribution in [2.24, 2.45) is 7.05 Å². The van der Waals surface area contributed by atoms with E-state index < -0.39 is 0 Å². The Labute approximate surface area is 114 Å². The molecule has 2 aromatic heterocycles. The van der Waals surface area contributed by atoms with Crippen LogP contribution in [0.25, 0.3) is 11.3 Å². The topological polar surface area (TPSA) is 61.7 Å². The van der Waals surface area contributed by atoms with Gasteiger partial charge in [-0.3, -0.25) is 4.68 Å². The molecule has 0 amide bonds. The van der Waals surface area contributed by atoms with Crippen LogP contribution in [-0.2, 0) is 26.4 Å². The first-order chi connectivity index (χ1) is 9.12. The first-order valence-electron chi connectivity index (χ1n) is 7.00. The molecular weight excluding hydrogens is 238 g/mol. The van der Waals surface area contributed by atoms with Gasteiger partial charge < -0.3 is 10.3 Å². The maximum Gasteiger partial charge on any atom is 0.131 e. The number of imidazole rings is 1. The Balaban J connectivity index is 2.55. The summed E-state index contributed by atoms with van der Waals surface area (Å²) in [6.07, 6.45) is 4.84. The van der Waals surface area contributed by atoms with E-state index in [0.29, 0.717) is 0 Å². The number of aryl methyl sites for hydroxylation is 3. The molecule has 0 aliphatic rings. The van der Waals surface area contributed by atoms with Crippen molar-refractivity contribution < 1.29 is 0 Å². The smallest absolute Gasteiger partial charge is 0.131 e. The molecule has 0 aliphatic carbocycles. The van der Waals surface area contributed by atoms with Crippen LogP contribution < -0.4 is 5.73 Å². The van der Waals surface area contributed by atoms with Gasteiger partial charge in [0.15, 0.2) is 0 Å². The number of hydrogen-bond acceptors (Lipinski definition) is 3. The molecule has 19 heavy (non-hydrogen) atoms. The predicted octanol–water partition coefficient (Wildman–Crippen LogP) is 2.40. The van der Waals surface area contributed by atoms with Gasteiger partial charge in [-0.2, -0.15) is 5.10 Å². The summed E-state index contributed by atoms with van der Waals surface area (Å²) >= 11 is 0. The van der Waals surface area contributed by atoms with Crippen molar-refractivity contribution in [1.29, 1.82) is 0 Å². The number of rotatable bonds is 5. The fourth-order valence-electron chi connectivity index (χ4n) is 2.45. The number of anilines is 1. The predicted molar refractivity (Wildman–Crippen MR) is 77.9 cm³/mol. The van der Waals surface area contributed by atoms with E-state index in [2.05, 4.69) is 30.4 Å². The van der Waals surface area contributed by atoms with Crippen LogP contribution in [0, 0.1) is 0 Å². The Morgan fingerprint density at radius 1 is 1.21 bits per heavy atom. The quantitative estimate of drug-likeness (QED) is 0.899. The molecule has 2 N–H and O–H groups in total. The minimum atomic E-state index is 0.765. The van der Waals surface area contributed by atoms with Crippen LogP contribution >= 0.6 is 0 Å². The number of hydrogen-bond donors (Lipinski definition) is 1. The molecule has 0 bridgehead atoms. The van der Waals surface area contributed by atoms with Crippen molar-refractivity contribution in [3.8, 4) is 11.3 Å². The minimum absolute atomic E-state index is 0.765. The molecule has 0 saturated carbocycles. The maximum absolute atomic E-state index is 6.29. The van der Waals surface area contributed by atoms with Crippen LogP contribution in [0.1, 0.15) is 38.7 Å². The Morgan fingerprint density at radius 3 is 2.53 bits per heavy atom. The molecule has 0 radical (unpaired) electrons. The molecule has 2 aromatic rings. The Kier molecular flexibility index (Phi) is 3.93. The molecule has 0 aromatic carbocycles. The van der Waals surface area contributed by atoms with Crippen LogP contribution in [-0.4, -0.2) is 19.3 Å². The largest absolute Gasteiger partial charge is 0.383 e. The third-order valence-corrected chi connectivity index (χ3v) is 3.34. The third kappa shape index (κ3) is 2.37. The summed E-state index contributed by atoms with van der Waals surface area (Å²) < 4.78 is 3.96. The molecule has 5 heteroatoms. The zero-order valence-electron chi connectivity index (χ0n) is 12.3. The molecule has 0 aliphatic heterocycles. The Morgan fingerprint density at radius 2 is 1.95 bits per heavy atom. The van der Waals surface area contributed by atoms with Crippen LogP contribution in [0.3, 0.4) is 0 Å². The lowest BCUT2D eigenvalue weighted by Gasteiger charge is -2.06. The molecule has 5 nitrogen and oxygen atoms in total. The lowest BCUT2D eigenvalue weighted by molar-refractivity contribution is 0.650. The number of aromatic nitrogens is 4. The van der Waals surface area contributed by atoms with E-state index in [-0.39, 0.29) is 0 Å². The fourth-order valence-corrected chi connectivity index (χ4v) is 2.45. The molecular formula is C14H23N5. The number of nitrogen functional groups attached to an aromatic ring is 1. The first-order valence-corrected chi connectivity index (χ1v) is 7.00. The van der Waals surface area contributed by atoms with Crippen LogP contribution in [0.4, 0.5) is 5.82 Å². The van der Waals surface area contributed by atoms with Gasteiger partial charge in [0.2, 0.25) is 0 Å². The highest BCUT2D eigenvalue weighted by Gasteiger charge is 2.18. The summed E-state index contributed by atoms with van der Waals surface area (Å²) in [5, 5.41) is 4.47. The van der Waals surface area contributed by atoms with Gasteiger partial charge in [0.05, 0.1) is 5.69 Å². The standard InChI is InChI=1S/C14H23N5/c1-5-8-19-12(7-3)16-13(14(19)15)10-9-18(4)17-11(10)6-2/h9H,5-8,15H2,1-4H3. The summed E-state index contributed by atoms with van der Waals surface area (Å²) in [6, 6.07) is 0. The van der Waals surface area contributed by atoms with Gasteiger partial charge in [-0.05, 0) is 12.8 Å². The van der Waals surface area contributed by atoms with E-state index >= 15 is 0 Å². The molecule has 0 atom stereocenters. The highest BCUT2D eigenvalue weighted by molar-refractivity contribution is 5.72. The molecule has 0 fully saturated rings. The van der Waals surface area contributed by atoms with Gasteiger partial charge in [0, 0.05) is 31.8 Å². The van der Waals surface area contributed by atoms with Crippen molar-refractivity contribution in [2.75, 3.05) is 5.73 Å². The molecule has 0 spiro atoms. The highest BCUT2D eigenvalue weighted by Crippen LogP contribution is 2.29. The van der Waals surface area contributed by atoms with E-state index in [0.717, 1.165) is 54.4 Å². The molecule has 2 rings (SSSR count). The summed E-state index contributed by atoms with van der Waals surface area (Å²) in [7, 11) is 1.93. The summed E-state index contributed by atoms with van der Waals surface area (Å²) in [5.41, 5.74) is 9.29. The summed E-state index contributed by atoms with van der Waals surface area (Å²) in [6.45, 7) is 7.29. The second-order valence-corrected chi connectivity index (χ2v) is 4.78. The normalized spacial score (nSPS) is 11.2. The number of nitrogens with two attached hydrogens (primary N) is 1. The SMILES string of the molecule is CCCn1c(CC)nc(-c2cn(C)nc2CC)c1N. The van der Waals surface area contributed by atoms with Gasteiger partial charge in [-0.25, -0.2) is 4.98 Å². The van der Waals surface area contributed by atoms with Crippen molar-refractivity contribution in [2.45, 2.75) is 46.6 Å². The van der Waals surface area contributed by atoms with E-state index in [1.54, 1.807) is 0 Å². The third-order valence-electron chi connectivity index (χ3n) is 3.34. The lowest BCUT2D eigenvalue weighted by Crippen LogP contribution is -2.06. The van der Waals surface area contributed by atoms with Crippen LogP contribution in [0.5, 0.6) is 0 Å². The second kappa shape index (κ2) is 5.47. The fraction of sp³-hybridized carbons (Fsp3) is 0.571. The Bertz CT molecular complexity index is 565. The lowest BCUT2D eigenvalue weighted by atomic mass is 10.1. The molecule has 104 valence electrons. The van der Waals surface area contributed by atoms with E-state index in [9.17, 15) is 0 Å². The van der Waals surface area contributed by atoms with E-state index in [1.807, 2.05) is 17.9 Å². The maximum atomic E-state index is 6.29. The van der Waals surface area contributed by atoms with Crippen molar-refractivity contribution in [3.63, 3.8) is 0 Å². The molecule has 2 heterocycles. The Hall–Kier alpha value is -1.78. The zero-order chi connectivity index (χ0) is 14.0. The van der Waals surface area contributed by atoms with Gasteiger partial charge in [-0.15, -0.1) is 0 Å².